The van der Waals surface area contributed by atoms with Crippen molar-refractivity contribution in [3.05, 3.63) is 29.3 Å². The third-order valence-electron chi connectivity index (χ3n) is 4.80. The average Bonchev–Trinajstić information content (AvgIpc) is 2.59. The molecule has 2 rings (SSSR count). The van der Waals surface area contributed by atoms with Crippen molar-refractivity contribution in [3.63, 3.8) is 0 Å². The molecule has 1 fully saturated rings. The summed E-state index contributed by atoms with van der Waals surface area (Å²) in [4.78, 5) is 14.4. The first-order valence-corrected chi connectivity index (χ1v) is 10.5. The first-order chi connectivity index (χ1) is 12.3. The highest BCUT2D eigenvalue weighted by Crippen LogP contribution is 2.19. The Labute approximate surface area is 157 Å². The van der Waals surface area contributed by atoms with Gasteiger partial charge >= 0.3 is 0 Å². The number of hydrogen-bond donors (Lipinski definition) is 1. The van der Waals surface area contributed by atoms with Gasteiger partial charge in [-0.15, -0.1) is 0 Å². The van der Waals surface area contributed by atoms with Crippen molar-refractivity contribution >= 4 is 21.8 Å². The van der Waals surface area contributed by atoms with Crippen LogP contribution >= 0.6 is 0 Å². The summed E-state index contributed by atoms with van der Waals surface area (Å²) in [5, 5.41) is 2.98. The van der Waals surface area contributed by atoms with E-state index in [4.69, 9.17) is 0 Å². The second kappa shape index (κ2) is 8.94. The zero-order valence-corrected chi connectivity index (χ0v) is 17.0. The average molecular weight is 383 g/mol. The van der Waals surface area contributed by atoms with E-state index in [0.717, 1.165) is 16.8 Å². The standard InChI is InChI=1S/C18H30N4O3S/c1-5-21(6-2)26(24,25)22-12-10-20(11-13-22)14-17(23)19-18-15(3)8-7-9-16(18)4/h7-9H,5-6,10-14H2,1-4H3,(H,19,23). The Morgan fingerprint density at radius 2 is 1.62 bits per heavy atom. The second-order valence-electron chi connectivity index (χ2n) is 6.58. The van der Waals surface area contributed by atoms with Crippen LogP contribution in [0.1, 0.15) is 25.0 Å². The van der Waals surface area contributed by atoms with Gasteiger partial charge in [0, 0.05) is 45.0 Å². The Morgan fingerprint density at radius 1 is 1.08 bits per heavy atom. The fraction of sp³-hybridized carbons (Fsp3) is 0.611. The van der Waals surface area contributed by atoms with Gasteiger partial charge in [0.2, 0.25) is 5.91 Å². The predicted molar refractivity (Wildman–Crippen MR) is 104 cm³/mol. The van der Waals surface area contributed by atoms with E-state index in [2.05, 4.69) is 5.32 Å². The maximum atomic E-state index is 12.5. The smallest absolute Gasteiger partial charge is 0.282 e. The van der Waals surface area contributed by atoms with Crippen LogP contribution in [0.5, 0.6) is 0 Å². The van der Waals surface area contributed by atoms with E-state index in [1.165, 1.54) is 8.61 Å². The van der Waals surface area contributed by atoms with E-state index in [1.807, 2.05) is 50.8 Å². The van der Waals surface area contributed by atoms with Gasteiger partial charge in [0.1, 0.15) is 0 Å². The zero-order valence-electron chi connectivity index (χ0n) is 16.2. The largest absolute Gasteiger partial charge is 0.324 e. The van der Waals surface area contributed by atoms with Crippen molar-refractivity contribution in [2.45, 2.75) is 27.7 Å². The SMILES string of the molecule is CCN(CC)S(=O)(=O)N1CCN(CC(=O)Nc2c(C)cccc2C)CC1. The fourth-order valence-corrected chi connectivity index (χ4v) is 4.83. The first kappa shape index (κ1) is 20.8. The maximum Gasteiger partial charge on any atom is 0.282 e. The molecule has 0 spiro atoms. The summed E-state index contributed by atoms with van der Waals surface area (Å²) in [6, 6.07) is 5.91. The van der Waals surface area contributed by atoms with E-state index in [1.54, 1.807) is 0 Å². The highest BCUT2D eigenvalue weighted by molar-refractivity contribution is 7.86. The molecule has 1 aliphatic rings. The zero-order chi connectivity index (χ0) is 19.3. The summed E-state index contributed by atoms with van der Waals surface area (Å²) in [5.41, 5.74) is 2.93. The summed E-state index contributed by atoms with van der Waals surface area (Å²) in [6.45, 7) is 10.8. The van der Waals surface area contributed by atoms with Gasteiger partial charge in [-0.1, -0.05) is 32.0 Å². The van der Waals surface area contributed by atoms with Gasteiger partial charge in [-0.2, -0.15) is 17.0 Å². The van der Waals surface area contributed by atoms with Crippen LogP contribution in [0.15, 0.2) is 18.2 Å². The van der Waals surface area contributed by atoms with Gasteiger partial charge in [0.05, 0.1) is 6.54 Å². The fourth-order valence-electron chi connectivity index (χ4n) is 3.23. The number of benzene rings is 1. The molecule has 7 nitrogen and oxygen atoms in total. The summed E-state index contributed by atoms with van der Waals surface area (Å²) >= 11 is 0. The number of para-hydroxylation sites is 1. The molecular weight excluding hydrogens is 352 g/mol. The molecule has 0 saturated carbocycles. The molecule has 0 unspecified atom stereocenters. The van der Waals surface area contributed by atoms with Crippen molar-refractivity contribution in [2.75, 3.05) is 51.1 Å². The number of piperazine rings is 1. The highest BCUT2D eigenvalue weighted by Gasteiger charge is 2.31. The van der Waals surface area contributed by atoms with Gasteiger partial charge in [-0.3, -0.25) is 9.69 Å². The molecule has 0 radical (unpaired) electrons. The molecule has 1 amide bonds. The van der Waals surface area contributed by atoms with Crippen LogP contribution in [-0.2, 0) is 15.0 Å². The van der Waals surface area contributed by atoms with Crippen molar-refractivity contribution < 1.29 is 13.2 Å². The Hall–Kier alpha value is -1.48. The molecule has 1 aromatic rings. The van der Waals surface area contributed by atoms with E-state index in [0.29, 0.717) is 39.3 Å². The summed E-state index contributed by atoms with van der Waals surface area (Å²) in [6.07, 6.45) is 0. The topological polar surface area (TPSA) is 73.0 Å². The Balaban J connectivity index is 1.90. The Kier molecular flexibility index (Phi) is 7.16. The number of nitrogens with zero attached hydrogens (tertiary/aromatic N) is 3. The van der Waals surface area contributed by atoms with Crippen LogP contribution in [0.25, 0.3) is 0 Å². The second-order valence-corrected chi connectivity index (χ2v) is 8.51. The van der Waals surface area contributed by atoms with Crippen molar-refractivity contribution in [3.8, 4) is 0 Å². The first-order valence-electron chi connectivity index (χ1n) is 9.13. The lowest BCUT2D eigenvalue weighted by atomic mass is 10.1. The van der Waals surface area contributed by atoms with Crippen molar-refractivity contribution in [1.82, 2.24) is 13.5 Å². The molecular formula is C18H30N4O3S. The van der Waals surface area contributed by atoms with Crippen LogP contribution in [0.2, 0.25) is 0 Å². The quantitative estimate of drug-likeness (QED) is 0.775. The molecule has 1 heterocycles. The summed E-state index contributed by atoms with van der Waals surface area (Å²) < 4.78 is 28.1. The number of nitrogens with one attached hydrogen (secondary N) is 1. The monoisotopic (exact) mass is 382 g/mol. The minimum Gasteiger partial charge on any atom is -0.324 e. The highest BCUT2D eigenvalue weighted by atomic mass is 32.2. The predicted octanol–water partition coefficient (Wildman–Crippen LogP) is 1.45. The molecule has 0 aromatic heterocycles. The lowest BCUT2D eigenvalue weighted by Gasteiger charge is -2.36. The van der Waals surface area contributed by atoms with Crippen molar-refractivity contribution in [1.29, 1.82) is 0 Å². The number of rotatable bonds is 7. The third kappa shape index (κ3) is 4.82. The molecule has 0 bridgehead atoms. The molecule has 1 aromatic carbocycles. The maximum absolute atomic E-state index is 12.5. The number of anilines is 1. The van der Waals surface area contributed by atoms with Gasteiger partial charge < -0.3 is 5.32 Å². The molecule has 1 aliphatic heterocycles. The molecule has 0 aliphatic carbocycles. The number of hydrogen-bond acceptors (Lipinski definition) is 4. The van der Waals surface area contributed by atoms with Crippen LogP contribution in [0.3, 0.4) is 0 Å². The van der Waals surface area contributed by atoms with Crippen molar-refractivity contribution in [2.24, 2.45) is 0 Å². The van der Waals surface area contributed by atoms with Crippen LogP contribution in [-0.4, -0.2) is 73.6 Å². The normalized spacial score (nSPS) is 16.8. The molecule has 1 saturated heterocycles. The van der Waals surface area contributed by atoms with Crippen LogP contribution < -0.4 is 5.32 Å². The van der Waals surface area contributed by atoms with E-state index in [-0.39, 0.29) is 12.5 Å². The lowest BCUT2D eigenvalue weighted by Crippen LogP contribution is -2.54. The Morgan fingerprint density at radius 3 is 2.12 bits per heavy atom. The number of carbonyl (C=O) groups excluding carboxylic acids is 1. The molecule has 0 atom stereocenters. The third-order valence-corrected chi connectivity index (χ3v) is 6.99. The summed E-state index contributed by atoms with van der Waals surface area (Å²) in [7, 11) is -3.40. The van der Waals surface area contributed by atoms with Gasteiger partial charge in [-0.25, -0.2) is 0 Å². The number of aryl methyl sites for hydroxylation is 2. The van der Waals surface area contributed by atoms with Gasteiger partial charge in [-0.05, 0) is 25.0 Å². The van der Waals surface area contributed by atoms with Crippen LogP contribution in [0, 0.1) is 13.8 Å². The van der Waals surface area contributed by atoms with E-state index < -0.39 is 10.2 Å². The molecule has 8 heteroatoms. The van der Waals surface area contributed by atoms with Gasteiger partial charge in [0.25, 0.3) is 10.2 Å². The molecule has 26 heavy (non-hydrogen) atoms. The minimum atomic E-state index is -3.40. The van der Waals surface area contributed by atoms with E-state index in [9.17, 15) is 13.2 Å². The Bertz CT molecular complexity index is 704. The number of carbonyl (C=O) groups is 1. The van der Waals surface area contributed by atoms with Gasteiger partial charge in [0.15, 0.2) is 0 Å². The lowest BCUT2D eigenvalue weighted by molar-refractivity contribution is -0.117. The minimum absolute atomic E-state index is 0.0672. The van der Waals surface area contributed by atoms with E-state index >= 15 is 0 Å². The molecule has 1 N–H and O–H groups in total. The number of amides is 1. The molecule has 146 valence electrons. The van der Waals surface area contributed by atoms with Crippen LogP contribution in [0.4, 0.5) is 5.69 Å². The summed E-state index contributed by atoms with van der Waals surface area (Å²) in [5.74, 6) is -0.0672.